The maximum Gasteiger partial charge on any atom is 0.184 e. The van der Waals surface area contributed by atoms with E-state index < -0.39 is 0 Å². The van der Waals surface area contributed by atoms with Crippen LogP contribution in [0.5, 0.6) is 0 Å². The van der Waals surface area contributed by atoms with Crippen LogP contribution in [-0.2, 0) is 6.54 Å². The molecule has 22 heavy (non-hydrogen) atoms. The van der Waals surface area contributed by atoms with Crippen LogP contribution in [0, 0.1) is 6.92 Å². The molecule has 1 N–H and O–H groups in total. The third-order valence-corrected chi connectivity index (χ3v) is 4.69. The van der Waals surface area contributed by atoms with Gasteiger partial charge < -0.3 is 5.32 Å². The van der Waals surface area contributed by atoms with Crippen molar-refractivity contribution in [2.45, 2.75) is 51.6 Å². The Labute approximate surface area is 129 Å². The van der Waals surface area contributed by atoms with Gasteiger partial charge in [-0.05, 0) is 47.9 Å². The second-order valence-electron chi connectivity index (χ2n) is 6.36. The Bertz CT molecular complexity index is 801. The second kappa shape index (κ2) is 5.65. The number of aromatic nitrogens is 4. The van der Waals surface area contributed by atoms with Crippen molar-refractivity contribution in [3.05, 3.63) is 35.4 Å². The minimum atomic E-state index is 0.637. The maximum absolute atomic E-state index is 4.22. The minimum absolute atomic E-state index is 0.637. The van der Waals surface area contributed by atoms with E-state index in [2.05, 4.69) is 52.0 Å². The number of nitrogens with zero attached hydrogens (tertiary/aromatic N) is 4. The van der Waals surface area contributed by atoms with Gasteiger partial charge in [-0.1, -0.05) is 31.4 Å². The van der Waals surface area contributed by atoms with Crippen LogP contribution in [0.1, 0.15) is 43.2 Å². The quantitative estimate of drug-likeness (QED) is 0.807. The molecule has 0 spiro atoms. The van der Waals surface area contributed by atoms with Crippen LogP contribution in [0.2, 0.25) is 0 Å². The maximum atomic E-state index is 4.22. The molecule has 5 heteroatoms. The van der Waals surface area contributed by atoms with E-state index in [-0.39, 0.29) is 0 Å². The number of benzene rings is 1. The Morgan fingerprint density at radius 1 is 1.18 bits per heavy atom. The molecule has 0 atom stereocenters. The largest absolute Gasteiger partial charge is 0.310 e. The molecule has 2 aromatic heterocycles. The zero-order chi connectivity index (χ0) is 14.9. The summed E-state index contributed by atoms with van der Waals surface area (Å²) in [5.74, 6) is 0. The lowest BCUT2D eigenvalue weighted by Gasteiger charge is -2.23. The van der Waals surface area contributed by atoms with Crippen molar-refractivity contribution in [3.8, 4) is 0 Å². The Morgan fingerprint density at radius 3 is 2.91 bits per heavy atom. The second-order valence-corrected chi connectivity index (χ2v) is 6.36. The summed E-state index contributed by atoms with van der Waals surface area (Å²) < 4.78 is 1.86. The van der Waals surface area contributed by atoms with E-state index >= 15 is 0 Å². The first-order valence-corrected chi connectivity index (χ1v) is 8.15. The van der Waals surface area contributed by atoms with Crippen molar-refractivity contribution >= 4 is 16.6 Å². The Kier molecular flexibility index (Phi) is 3.50. The number of hydrogen-bond donors (Lipinski definition) is 1. The first kappa shape index (κ1) is 13.6. The molecule has 0 aliphatic heterocycles. The van der Waals surface area contributed by atoms with Gasteiger partial charge in [0.1, 0.15) is 0 Å². The zero-order valence-electron chi connectivity index (χ0n) is 12.9. The SMILES string of the molecule is Cc1ccc2cc(CNC3CCCCC3)c3nnnn3c2c1. The molecule has 1 aliphatic carbocycles. The lowest BCUT2D eigenvalue weighted by atomic mass is 9.95. The highest BCUT2D eigenvalue weighted by Crippen LogP contribution is 2.22. The van der Waals surface area contributed by atoms with Crippen LogP contribution in [0.25, 0.3) is 16.6 Å². The summed E-state index contributed by atoms with van der Waals surface area (Å²) >= 11 is 0. The van der Waals surface area contributed by atoms with Crippen LogP contribution in [0.4, 0.5) is 0 Å². The number of nitrogens with one attached hydrogen (secondary N) is 1. The monoisotopic (exact) mass is 295 g/mol. The van der Waals surface area contributed by atoms with Crippen LogP contribution in [0.15, 0.2) is 24.3 Å². The van der Waals surface area contributed by atoms with Gasteiger partial charge in [0.15, 0.2) is 5.65 Å². The van der Waals surface area contributed by atoms with Gasteiger partial charge in [0.2, 0.25) is 0 Å². The standard InChI is InChI=1S/C17H21N5/c1-12-7-8-13-10-14(11-18-15-5-3-2-4-6-15)17-19-20-21-22(17)16(13)9-12/h7-10,15,18H,2-6,11H2,1H3. The zero-order valence-corrected chi connectivity index (χ0v) is 12.9. The highest BCUT2D eigenvalue weighted by Gasteiger charge is 2.15. The summed E-state index contributed by atoms with van der Waals surface area (Å²) in [6, 6.07) is 9.28. The van der Waals surface area contributed by atoms with Crippen LogP contribution < -0.4 is 5.32 Å². The Balaban J connectivity index is 1.69. The van der Waals surface area contributed by atoms with Gasteiger partial charge in [0.05, 0.1) is 5.52 Å². The van der Waals surface area contributed by atoms with Crippen molar-refractivity contribution in [1.29, 1.82) is 0 Å². The topological polar surface area (TPSA) is 55.1 Å². The van der Waals surface area contributed by atoms with Crippen molar-refractivity contribution < 1.29 is 0 Å². The van der Waals surface area contributed by atoms with Crippen LogP contribution in [0.3, 0.4) is 0 Å². The molecule has 0 amide bonds. The average Bonchev–Trinajstić information content (AvgIpc) is 3.04. The predicted octanol–water partition coefficient (Wildman–Crippen LogP) is 3.01. The van der Waals surface area contributed by atoms with Crippen molar-refractivity contribution in [2.75, 3.05) is 0 Å². The Morgan fingerprint density at radius 2 is 2.05 bits per heavy atom. The lowest BCUT2D eigenvalue weighted by molar-refractivity contribution is 0.372. The summed E-state index contributed by atoms with van der Waals surface area (Å²) in [6.07, 6.45) is 6.64. The molecule has 0 bridgehead atoms. The van der Waals surface area contributed by atoms with E-state index in [4.69, 9.17) is 0 Å². The number of pyridine rings is 1. The highest BCUT2D eigenvalue weighted by atomic mass is 15.5. The Hall–Kier alpha value is -2.01. The molecule has 3 aromatic rings. The molecule has 0 saturated heterocycles. The van der Waals surface area contributed by atoms with E-state index in [0.29, 0.717) is 6.04 Å². The number of rotatable bonds is 3. The van der Waals surface area contributed by atoms with E-state index in [1.54, 1.807) is 0 Å². The molecule has 4 rings (SSSR count). The molecular formula is C17H21N5. The fourth-order valence-electron chi connectivity index (χ4n) is 3.45. The molecule has 1 aromatic carbocycles. The van der Waals surface area contributed by atoms with Gasteiger partial charge >= 0.3 is 0 Å². The lowest BCUT2D eigenvalue weighted by Crippen LogP contribution is -2.30. The summed E-state index contributed by atoms with van der Waals surface area (Å²) in [4.78, 5) is 0. The average molecular weight is 295 g/mol. The first-order chi connectivity index (χ1) is 10.8. The number of tetrazole rings is 1. The number of hydrogen-bond acceptors (Lipinski definition) is 4. The molecule has 0 radical (unpaired) electrons. The molecule has 2 heterocycles. The molecule has 5 nitrogen and oxygen atoms in total. The van der Waals surface area contributed by atoms with E-state index in [1.165, 1.54) is 48.6 Å². The summed E-state index contributed by atoms with van der Waals surface area (Å²) in [7, 11) is 0. The van der Waals surface area contributed by atoms with Gasteiger partial charge in [0, 0.05) is 23.5 Å². The van der Waals surface area contributed by atoms with Gasteiger partial charge in [-0.25, -0.2) is 0 Å². The fourth-order valence-corrected chi connectivity index (χ4v) is 3.45. The molecule has 1 fully saturated rings. The summed E-state index contributed by atoms with van der Waals surface area (Å²) in [5.41, 5.74) is 4.33. The molecular weight excluding hydrogens is 274 g/mol. The van der Waals surface area contributed by atoms with Crippen LogP contribution in [-0.4, -0.2) is 26.1 Å². The van der Waals surface area contributed by atoms with Gasteiger partial charge in [0.25, 0.3) is 0 Å². The van der Waals surface area contributed by atoms with E-state index in [1.807, 2.05) is 4.52 Å². The minimum Gasteiger partial charge on any atom is -0.310 e. The normalized spacial score (nSPS) is 16.6. The molecule has 1 saturated carbocycles. The first-order valence-electron chi connectivity index (χ1n) is 8.15. The van der Waals surface area contributed by atoms with Crippen molar-refractivity contribution in [2.24, 2.45) is 0 Å². The van der Waals surface area contributed by atoms with Gasteiger partial charge in [-0.2, -0.15) is 4.52 Å². The van der Waals surface area contributed by atoms with Crippen LogP contribution >= 0.6 is 0 Å². The number of fused-ring (bicyclic) bond motifs is 3. The summed E-state index contributed by atoms with van der Waals surface area (Å²) in [6.45, 7) is 2.92. The van der Waals surface area contributed by atoms with Crippen molar-refractivity contribution in [3.63, 3.8) is 0 Å². The highest BCUT2D eigenvalue weighted by molar-refractivity contribution is 5.83. The van der Waals surface area contributed by atoms with E-state index in [9.17, 15) is 0 Å². The number of aryl methyl sites for hydroxylation is 1. The molecule has 114 valence electrons. The predicted molar refractivity (Wildman–Crippen MR) is 86.7 cm³/mol. The van der Waals surface area contributed by atoms with Gasteiger partial charge in [-0.15, -0.1) is 5.10 Å². The van der Waals surface area contributed by atoms with E-state index in [0.717, 1.165) is 17.7 Å². The third-order valence-electron chi connectivity index (χ3n) is 4.69. The molecule has 1 aliphatic rings. The van der Waals surface area contributed by atoms with Crippen molar-refractivity contribution in [1.82, 2.24) is 25.4 Å². The third kappa shape index (κ3) is 2.46. The fraction of sp³-hybridized carbons (Fsp3) is 0.471. The summed E-state index contributed by atoms with van der Waals surface area (Å²) in [5, 5.41) is 17.1. The van der Waals surface area contributed by atoms with Gasteiger partial charge in [-0.3, -0.25) is 0 Å². The molecule has 0 unspecified atom stereocenters. The smallest absolute Gasteiger partial charge is 0.184 e.